The summed E-state index contributed by atoms with van der Waals surface area (Å²) in [5.41, 5.74) is 0.564. The fourth-order valence-electron chi connectivity index (χ4n) is 2.34. The number of H-pyrrole nitrogens is 1. The first-order valence-electron chi connectivity index (χ1n) is 7.83. The summed E-state index contributed by atoms with van der Waals surface area (Å²) >= 11 is 5.34. The minimum absolute atomic E-state index is 0.103. The lowest BCUT2D eigenvalue weighted by Crippen LogP contribution is -3.06. The second-order valence-corrected chi connectivity index (χ2v) is 5.94. The molecule has 1 heterocycles. The minimum atomic E-state index is -0.103. The highest BCUT2D eigenvalue weighted by Gasteiger charge is 2.13. The predicted molar refractivity (Wildman–Crippen MR) is 93.4 cm³/mol. The second-order valence-electron chi connectivity index (χ2n) is 5.55. The molecule has 6 nitrogen and oxygen atoms in total. The predicted octanol–water partition coefficient (Wildman–Crippen LogP) is 1.00. The van der Waals surface area contributed by atoms with Crippen LogP contribution in [0, 0.1) is 4.77 Å². The molecule has 0 bridgehead atoms. The van der Waals surface area contributed by atoms with Crippen molar-refractivity contribution in [3.05, 3.63) is 27.3 Å². The van der Waals surface area contributed by atoms with Gasteiger partial charge in [0.05, 0.1) is 51.3 Å². The van der Waals surface area contributed by atoms with Crippen LogP contribution in [0.5, 0.6) is 11.5 Å². The van der Waals surface area contributed by atoms with E-state index < -0.39 is 0 Å². The smallest absolute Gasteiger partial charge is 0.262 e. The molecule has 2 aromatic rings. The number of nitrogens with zero attached hydrogens (tertiary/aromatic N) is 1. The summed E-state index contributed by atoms with van der Waals surface area (Å²) < 4.78 is 13.2. The van der Waals surface area contributed by atoms with E-state index in [2.05, 4.69) is 4.98 Å². The Morgan fingerprint density at radius 2 is 1.78 bits per heavy atom. The fourth-order valence-corrected chi connectivity index (χ4v) is 2.62. The summed E-state index contributed by atoms with van der Waals surface area (Å²) in [5, 5.41) is 0.555. The van der Waals surface area contributed by atoms with Gasteiger partial charge in [-0.15, -0.1) is 0 Å². The van der Waals surface area contributed by atoms with Crippen molar-refractivity contribution in [1.29, 1.82) is 0 Å². The number of rotatable bonds is 7. The number of nitrogens with one attached hydrogen (secondary N) is 2. The molecule has 0 saturated carbocycles. The lowest BCUT2D eigenvalue weighted by Gasteiger charge is -2.14. The van der Waals surface area contributed by atoms with Crippen molar-refractivity contribution < 1.29 is 14.4 Å². The zero-order valence-electron chi connectivity index (χ0n) is 14.1. The van der Waals surface area contributed by atoms with Gasteiger partial charge in [0.25, 0.3) is 5.56 Å². The summed E-state index contributed by atoms with van der Waals surface area (Å²) in [4.78, 5) is 17.1. The number of fused-ring (bicyclic) bond motifs is 1. The first kappa shape index (κ1) is 17.5. The molecule has 23 heavy (non-hydrogen) atoms. The summed E-state index contributed by atoms with van der Waals surface area (Å²) in [6, 6.07) is 3.51. The lowest BCUT2D eigenvalue weighted by atomic mass is 10.2. The van der Waals surface area contributed by atoms with Gasteiger partial charge >= 0.3 is 0 Å². The molecule has 1 aromatic heterocycles. The zero-order chi connectivity index (χ0) is 17.0. The van der Waals surface area contributed by atoms with Gasteiger partial charge in [-0.05, 0) is 32.1 Å². The molecule has 0 spiro atoms. The standard InChI is InChI=1S/C16H23N3O3S/c1-5-21-13-9-11-12(10-14(13)22-6-2)17-16(23)19(15(11)20)8-7-18(3)4/h9-10H,5-8H2,1-4H3,(H,17,23)/p+1. The average molecular weight is 338 g/mol. The van der Waals surface area contributed by atoms with Gasteiger partial charge in [-0.25, -0.2) is 0 Å². The van der Waals surface area contributed by atoms with Crippen LogP contribution < -0.4 is 19.9 Å². The maximum atomic E-state index is 12.8. The maximum Gasteiger partial charge on any atom is 0.262 e. The van der Waals surface area contributed by atoms with Crippen LogP contribution in [-0.2, 0) is 6.54 Å². The molecule has 0 saturated heterocycles. The number of likely N-dealkylation sites (N-methyl/N-ethyl adjacent to an activating group) is 1. The van der Waals surface area contributed by atoms with E-state index in [0.29, 0.717) is 46.9 Å². The van der Waals surface area contributed by atoms with Crippen LogP contribution in [0.1, 0.15) is 13.8 Å². The Hall–Kier alpha value is -1.86. The minimum Gasteiger partial charge on any atom is -0.490 e. The third kappa shape index (κ3) is 3.92. The van der Waals surface area contributed by atoms with Crippen molar-refractivity contribution in [1.82, 2.24) is 9.55 Å². The number of quaternary nitrogens is 1. The molecule has 0 aliphatic heterocycles. The van der Waals surface area contributed by atoms with Crippen molar-refractivity contribution >= 4 is 23.1 Å². The Kier molecular flexibility index (Phi) is 5.79. The molecule has 7 heteroatoms. The van der Waals surface area contributed by atoms with Crippen molar-refractivity contribution in [2.45, 2.75) is 20.4 Å². The Morgan fingerprint density at radius 3 is 2.35 bits per heavy atom. The van der Waals surface area contributed by atoms with E-state index in [1.54, 1.807) is 16.7 Å². The second kappa shape index (κ2) is 7.61. The van der Waals surface area contributed by atoms with E-state index >= 15 is 0 Å². The van der Waals surface area contributed by atoms with Gasteiger partial charge in [-0.1, -0.05) is 0 Å². The van der Waals surface area contributed by atoms with E-state index in [1.807, 2.05) is 27.9 Å². The topological polar surface area (TPSA) is 60.7 Å². The average Bonchev–Trinajstić information content (AvgIpc) is 2.48. The molecule has 0 unspecified atom stereocenters. The Balaban J connectivity index is 2.61. The molecule has 126 valence electrons. The van der Waals surface area contributed by atoms with Crippen molar-refractivity contribution in [3.63, 3.8) is 0 Å². The van der Waals surface area contributed by atoms with Crippen LogP contribution in [0.25, 0.3) is 10.9 Å². The molecule has 0 amide bonds. The number of aromatic amines is 1. The Morgan fingerprint density at radius 1 is 1.17 bits per heavy atom. The third-order valence-corrected chi connectivity index (χ3v) is 3.80. The van der Waals surface area contributed by atoms with E-state index in [-0.39, 0.29) is 5.56 Å². The van der Waals surface area contributed by atoms with Gasteiger partial charge in [-0.2, -0.15) is 0 Å². The van der Waals surface area contributed by atoms with E-state index in [1.165, 1.54) is 4.90 Å². The SMILES string of the molecule is CCOc1cc2[nH]c(=S)n(CC[NH+](C)C)c(=O)c2cc1OCC. The van der Waals surface area contributed by atoms with Crippen molar-refractivity contribution in [2.75, 3.05) is 33.9 Å². The van der Waals surface area contributed by atoms with E-state index in [4.69, 9.17) is 21.7 Å². The van der Waals surface area contributed by atoms with Gasteiger partial charge < -0.3 is 19.4 Å². The largest absolute Gasteiger partial charge is 0.490 e. The van der Waals surface area contributed by atoms with Crippen LogP contribution >= 0.6 is 12.2 Å². The quantitative estimate of drug-likeness (QED) is 0.740. The molecular formula is C16H24N3O3S+. The van der Waals surface area contributed by atoms with Crippen LogP contribution in [0.3, 0.4) is 0 Å². The third-order valence-electron chi connectivity index (χ3n) is 3.48. The highest BCUT2D eigenvalue weighted by Crippen LogP contribution is 2.30. The van der Waals surface area contributed by atoms with Gasteiger partial charge in [0, 0.05) is 6.07 Å². The highest BCUT2D eigenvalue weighted by molar-refractivity contribution is 7.71. The summed E-state index contributed by atoms with van der Waals surface area (Å²) in [7, 11) is 4.08. The van der Waals surface area contributed by atoms with E-state index in [9.17, 15) is 4.79 Å². The number of hydrogen-bond acceptors (Lipinski definition) is 4. The molecule has 1 aromatic carbocycles. The molecule has 2 rings (SSSR count). The molecule has 2 N–H and O–H groups in total. The molecule has 0 aliphatic rings. The molecule has 0 atom stereocenters. The van der Waals surface area contributed by atoms with Gasteiger partial charge in [-0.3, -0.25) is 9.36 Å². The first-order chi connectivity index (χ1) is 11.0. The monoisotopic (exact) mass is 338 g/mol. The Labute approximate surface area is 140 Å². The molecule has 0 radical (unpaired) electrons. The summed E-state index contributed by atoms with van der Waals surface area (Å²) in [6.45, 7) is 6.23. The molecule has 0 aliphatic carbocycles. The number of hydrogen-bond donors (Lipinski definition) is 2. The van der Waals surface area contributed by atoms with Crippen LogP contribution in [0.2, 0.25) is 0 Å². The summed E-state index contributed by atoms with van der Waals surface area (Å²) in [5.74, 6) is 1.19. The van der Waals surface area contributed by atoms with Crippen molar-refractivity contribution in [2.24, 2.45) is 0 Å². The zero-order valence-corrected chi connectivity index (χ0v) is 14.9. The Bertz CT molecular complexity index is 795. The number of aromatic nitrogens is 2. The maximum absolute atomic E-state index is 12.8. The fraction of sp³-hybridized carbons (Fsp3) is 0.500. The van der Waals surface area contributed by atoms with Gasteiger partial charge in [0.15, 0.2) is 16.3 Å². The number of benzene rings is 1. The number of ether oxygens (including phenoxy) is 2. The van der Waals surface area contributed by atoms with Gasteiger partial charge in [0.1, 0.15) is 0 Å². The summed E-state index contributed by atoms with van der Waals surface area (Å²) in [6.07, 6.45) is 0. The lowest BCUT2D eigenvalue weighted by molar-refractivity contribution is -0.858. The van der Waals surface area contributed by atoms with Gasteiger partial charge in [0.2, 0.25) is 0 Å². The van der Waals surface area contributed by atoms with Crippen LogP contribution in [-0.4, -0.2) is 43.4 Å². The molecular weight excluding hydrogens is 314 g/mol. The normalized spacial score (nSPS) is 11.2. The van der Waals surface area contributed by atoms with Crippen molar-refractivity contribution in [3.8, 4) is 11.5 Å². The van der Waals surface area contributed by atoms with E-state index in [0.717, 1.165) is 6.54 Å². The van der Waals surface area contributed by atoms with Crippen LogP contribution in [0.15, 0.2) is 16.9 Å². The van der Waals surface area contributed by atoms with Crippen LogP contribution in [0.4, 0.5) is 0 Å². The molecule has 0 fully saturated rings. The first-order valence-corrected chi connectivity index (χ1v) is 8.24. The highest BCUT2D eigenvalue weighted by atomic mass is 32.1.